The lowest BCUT2D eigenvalue weighted by molar-refractivity contribution is 0.559. The fourth-order valence-corrected chi connectivity index (χ4v) is 2.38. The molecule has 0 amide bonds. The van der Waals surface area contributed by atoms with Gasteiger partial charge in [0.2, 0.25) is 0 Å². The van der Waals surface area contributed by atoms with Crippen molar-refractivity contribution in [2.24, 2.45) is 5.92 Å². The zero-order chi connectivity index (χ0) is 11.8. The van der Waals surface area contributed by atoms with Crippen LogP contribution in [-0.2, 0) is 0 Å². The van der Waals surface area contributed by atoms with E-state index in [2.05, 4.69) is 44.4 Å². The highest BCUT2D eigenvalue weighted by Crippen LogP contribution is 2.25. The Hall–Kier alpha value is -1.00. The summed E-state index contributed by atoms with van der Waals surface area (Å²) in [4.78, 5) is 0. The van der Waals surface area contributed by atoms with Crippen LogP contribution in [-0.4, -0.2) is 0 Å². The third kappa shape index (κ3) is 4.68. The summed E-state index contributed by atoms with van der Waals surface area (Å²) >= 11 is 0. The first kappa shape index (κ1) is 13.1. The first-order chi connectivity index (χ1) is 7.76. The van der Waals surface area contributed by atoms with Crippen LogP contribution in [0.3, 0.4) is 0 Å². The number of allylic oxidation sites excluding steroid dienone is 5. The highest BCUT2D eigenvalue weighted by atomic mass is 14.1. The van der Waals surface area contributed by atoms with Gasteiger partial charge in [-0.15, -0.1) is 5.73 Å². The second-order valence-electron chi connectivity index (χ2n) is 4.75. The Kier molecular flexibility index (Phi) is 5.96. The molecule has 0 aromatic heterocycles. The summed E-state index contributed by atoms with van der Waals surface area (Å²) in [7, 11) is 0. The highest BCUT2D eigenvalue weighted by Gasteiger charge is 2.09. The normalized spacial score (nSPS) is 25.0. The molecule has 0 saturated heterocycles. The molecule has 0 spiro atoms. The van der Waals surface area contributed by atoms with Crippen molar-refractivity contribution in [2.75, 3.05) is 0 Å². The smallest absolute Gasteiger partial charge is 0.0120 e. The lowest BCUT2D eigenvalue weighted by Crippen LogP contribution is -1.96. The molecule has 1 atom stereocenters. The molecule has 0 saturated carbocycles. The van der Waals surface area contributed by atoms with Crippen LogP contribution in [0.1, 0.15) is 52.4 Å². The van der Waals surface area contributed by atoms with Crippen molar-refractivity contribution in [1.82, 2.24) is 0 Å². The molecule has 88 valence electrons. The van der Waals surface area contributed by atoms with E-state index in [1.165, 1.54) is 31.3 Å². The minimum atomic E-state index is 0.648. The van der Waals surface area contributed by atoms with E-state index in [1.807, 2.05) is 0 Å². The monoisotopic (exact) mass is 216 g/mol. The van der Waals surface area contributed by atoms with E-state index < -0.39 is 0 Å². The van der Waals surface area contributed by atoms with Crippen molar-refractivity contribution in [3.05, 3.63) is 41.7 Å². The van der Waals surface area contributed by atoms with Gasteiger partial charge in [-0.2, -0.15) is 0 Å². The molecule has 0 bridgehead atoms. The van der Waals surface area contributed by atoms with Crippen molar-refractivity contribution in [1.29, 1.82) is 0 Å². The number of hydrogen-bond donors (Lipinski definition) is 0. The Morgan fingerprint density at radius 1 is 1.56 bits per heavy atom. The molecule has 1 aliphatic rings. The zero-order valence-electron chi connectivity index (χ0n) is 10.8. The number of rotatable bonds is 2. The van der Waals surface area contributed by atoms with E-state index in [0.29, 0.717) is 5.92 Å². The van der Waals surface area contributed by atoms with Gasteiger partial charge in [0.05, 0.1) is 0 Å². The van der Waals surface area contributed by atoms with E-state index in [9.17, 15) is 0 Å². The van der Waals surface area contributed by atoms with Gasteiger partial charge in [-0.05, 0) is 57.4 Å². The van der Waals surface area contributed by atoms with E-state index in [1.54, 1.807) is 5.57 Å². The Balaban J connectivity index is 2.70. The van der Waals surface area contributed by atoms with Crippen LogP contribution in [0.5, 0.6) is 0 Å². The van der Waals surface area contributed by atoms with Crippen molar-refractivity contribution >= 4 is 0 Å². The fourth-order valence-electron chi connectivity index (χ4n) is 2.38. The van der Waals surface area contributed by atoms with Crippen LogP contribution in [0.4, 0.5) is 0 Å². The Morgan fingerprint density at radius 3 is 3.06 bits per heavy atom. The zero-order valence-corrected chi connectivity index (χ0v) is 10.8. The molecule has 0 nitrogen and oxygen atoms in total. The average molecular weight is 216 g/mol. The SMILES string of the molecule is C=C=CC1CCC/C(=C\CC)CC=C(C)C1. The molecule has 1 unspecified atom stereocenters. The second-order valence-corrected chi connectivity index (χ2v) is 4.75. The van der Waals surface area contributed by atoms with Gasteiger partial charge in [0.25, 0.3) is 0 Å². The largest absolute Gasteiger partial charge is 0.133 e. The van der Waals surface area contributed by atoms with Gasteiger partial charge in [-0.3, -0.25) is 0 Å². The molecular formula is C16H24. The predicted octanol–water partition coefficient (Wildman–Crippen LogP) is 5.19. The van der Waals surface area contributed by atoms with Crippen LogP contribution < -0.4 is 0 Å². The molecular weight excluding hydrogens is 192 g/mol. The molecule has 0 radical (unpaired) electrons. The quantitative estimate of drug-likeness (QED) is 0.440. The second kappa shape index (κ2) is 7.30. The molecule has 0 aromatic rings. The molecule has 1 rings (SSSR count). The van der Waals surface area contributed by atoms with E-state index >= 15 is 0 Å². The summed E-state index contributed by atoms with van der Waals surface area (Å²) in [5, 5.41) is 0. The van der Waals surface area contributed by atoms with E-state index in [4.69, 9.17) is 0 Å². The van der Waals surface area contributed by atoms with Gasteiger partial charge >= 0.3 is 0 Å². The van der Waals surface area contributed by atoms with Gasteiger partial charge in [0.15, 0.2) is 0 Å². The maximum Gasteiger partial charge on any atom is -0.0120 e. The van der Waals surface area contributed by atoms with E-state index in [-0.39, 0.29) is 0 Å². The molecule has 0 aromatic carbocycles. The van der Waals surface area contributed by atoms with E-state index in [0.717, 1.165) is 12.8 Å². The molecule has 16 heavy (non-hydrogen) atoms. The summed E-state index contributed by atoms with van der Waals surface area (Å²) in [5.74, 6) is 0.648. The molecule has 0 aliphatic heterocycles. The van der Waals surface area contributed by atoms with Crippen LogP contribution in [0, 0.1) is 5.92 Å². The van der Waals surface area contributed by atoms with Crippen LogP contribution in [0.25, 0.3) is 0 Å². The predicted molar refractivity (Wildman–Crippen MR) is 72.4 cm³/mol. The summed E-state index contributed by atoms with van der Waals surface area (Å²) in [5.41, 5.74) is 6.08. The fraction of sp³-hybridized carbons (Fsp3) is 0.562. The highest BCUT2D eigenvalue weighted by molar-refractivity contribution is 5.13. The molecule has 1 aliphatic carbocycles. The maximum atomic E-state index is 3.69. The van der Waals surface area contributed by atoms with Gasteiger partial charge in [-0.1, -0.05) is 36.8 Å². The van der Waals surface area contributed by atoms with Crippen molar-refractivity contribution in [2.45, 2.75) is 52.4 Å². The average Bonchev–Trinajstić information content (AvgIpc) is 2.32. The summed E-state index contributed by atoms with van der Waals surface area (Å²) in [6.45, 7) is 8.16. The first-order valence-corrected chi connectivity index (χ1v) is 6.45. The Morgan fingerprint density at radius 2 is 2.38 bits per heavy atom. The van der Waals surface area contributed by atoms with Crippen LogP contribution in [0.2, 0.25) is 0 Å². The van der Waals surface area contributed by atoms with Gasteiger partial charge in [-0.25, -0.2) is 0 Å². The lowest BCUT2D eigenvalue weighted by Gasteiger charge is -2.10. The minimum absolute atomic E-state index is 0.648. The summed E-state index contributed by atoms with van der Waals surface area (Å²) < 4.78 is 0. The summed E-state index contributed by atoms with van der Waals surface area (Å²) in [6, 6.07) is 0. The van der Waals surface area contributed by atoms with Gasteiger partial charge < -0.3 is 0 Å². The Labute approximate surface area is 100 Å². The first-order valence-electron chi connectivity index (χ1n) is 6.45. The van der Waals surface area contributed by atoms with Crippen molar-refractivity contribution in [3.8, 4) is 0 Å². The lowest BCUT2D eigenvalue weighted by atomic mass is 9.95. The van der Waals surface area contributed by atoms with Gasteiger partial charge in [0, 0.05) is 0 Å². The van der Waals surface area contributed by atoms with Crippen molar-refractivity contribution in [3.63, 3.8) is 0 Å². The van der Waals surface area contributed by atoms with Crippen molar-refractivity contribution < 1.29 is 0 Å². The summed E-state index contributed by atoms with van der Waals surface area (Å²) in [6.07, 6.45) is 14.3. The molecule has 0 heteroatoms. The Bertz CT molecular complexity index is 311. The topological polar surface area (TPSA) is 0 Å². The maximum absolute atomic E-state index is 3.69. The third-order valence-corrected chi connectivity index (χ3v) is 3.22. The number of hydrogen-bond acceptors (Lipinski definition) is 0. The minimum Gasteiger partial charge on any atom is -0.133 e. The standard InChI is InChI=1S/C16H24/c1-4-7-15-9-6-10-16(8-5-2)13-14(3)11-12-15/h7-8,11,16H,2,4,6,9-10,12-13H2,1,3H3/b14-11?,15-7+. The molecule has 0 heterocycles. The van der Waals surface area contributed by atoms with Crippen LogP contribution in [0.15, 0.2) is 41.7 Å². The van der Waals surface area contributed by atoms with Crippen LogP contribution >= 0.6 is 0 Å². The van der Waals surface area contributed by atoms with Gasteiger partial charge in [0.1, 0.15) is 0 Å². The molecule has 0 N–H and O–H groups in total. The third-order valence-electron chi connectivity index (χ3n) is 3.22. The molecule has 0 fully saturated rings.